The number of phosphoric acid groups is 1. The first kappa shape index (κ1) is 74.7. The van der Waals surface area contributed by atoms with Crippen molar-refractivity contribution in [3.63, 3.8) is 0 Å². The van der Waals surface area contributed by atoms with E-state index in [0.29, 0.717) is 23.9 Å². The van der Waals surface area contributed by atoms with Gasteiger partial charge in [-0.3, -0.25) is 14.2 Å². The van der Waals surface area contributed by atoms with Crippen LogP contribution in [-0.2, 0) is 27.9 Å². The quantitative estimate of drug-likeness (QED) is 0.0212. The maximum atomic E-state index is 13.6. The Bertz CT molecular complexity index is 1500. The Kier molecular flexibility index (Phi) is 55.3. The Morgan fingerprint density at radius 2 is 0.792 bits per heavy atom. The van der Waals surface area contributed by atoms with Gasteiger partial charge in [-0.1, -0.05) is 255 Å². The number of esters is 1. The molecule has 0 saturated carbocycles. The number of rotatable bonds is 59. The first-order valence-electron chi connectivity index (χ1n) is 32.6. The minimum atomic E-state index is -4.71. The smallest absolute Gasteiger partial charge is 0.306 e. The Balaban J connectivity index is 5.25. The van der Waals surface area contributed by atoms with E-state index in [2.05, 4.69) is 74.7 Å². The minimum absolute atomic E-state index is 0.0267. The second kappa shape index (κ2) is 57.0. The van der Waals surface area contributed by atoms with E-state index in [4.69, 9.17) is 13.8 Å². The van der Waals surface area contributed by atoms with Gasteiger partial charge in [-0.15, -0.1) is 0 Å². The number of nitrogens with zero attached hydrogens (tertiary/aromatic N) is 1. The molecule has 3 atom stereocenters. The zero-order valence-electron chi connectivity index (χ0n) is 51.4. The molecule has 450 valence electrons. The van der Waals surface area contributed by atoms with Gasteiger partial charge in [0.05, 0.1) is 33.8 Å². The Morgan fingerprint density at radius 3 is 1.22 bits per heavy atom. The highest BCUT2D eigenvalue weighted by molar-refractivity contribution is 7.45. The van der Waals surface area contributed by atoms with Crippen molar-refractivity contribution in [3.05, 3.63) is 60.8 Å². The van der Waals surface area contributed by atoms with Gasteiger partial charge in [-0.05, 0) is 96.0 Å². The highest BCUT2D eigenvalue weighted by Gasteiger charge is 2.27. The molecule has 9 nitrogen and oxygen atoms in total. The molecule has 0 aliphatic rings. The molecule has 0 saturated heterocycles. The van der Waals surface area contributed by atoms with Crippen molar-refractivity contribution in [2.24, 2.45) is 0 Å². The molecule has 0 radical (unpaired) electrons. The number of unbranched alkanes of at least 4 members (excludes halogenated alkanes) is 35. The van der Waals surface area contributed by atoms with Gasteiger partial charge in [0, 0.05) is 12.8 Å². The second-order valence-electron chi connectivity index (χ2n) is 23.3. The van der Waals surface area contributed by atoms with E-state index in [9.17, 15) is 19.0 Å². The SMILES string of the molecule is CCCCC/C=C\C/C=C\C/C=C\CCCCCCC(=O)OC(/C=C\CCCCCCCCCCCCC)C(COP(=O)([O-])OCC[N+](C)(C)C)NC(=O)CCCCCCCCCCCCC/C=C/CCCCCCCC. The zero-order chi connectivity index (χ0) is 56.4. The van der Waals surface area contributed by atoms with Crippen LogP contribution < -0.4 is 10.2 Å². The fraction of sp³-hybridized carbons (Fsp3) is 0.821. The van der Waals surface area contributed by atoms with Crippen molar-refractivity contribution in [1.82, 2.24) is 5.32 Å². The Morgan fingerprint density at radius 1 is 0.455 bits per heavy atom. The summed E-state index contributed by atoms with van der Waals surface area (Å²) in [5, 5.41) is 3.03. The molecule has 0 bridgehead atoms. The van der Waals surface area contributed by atoms with Crippen LogP contribution in [-0.4, -0.2) is 69.4 Å². The number of carbonyl (C=O) groups is 2. The van der Waals surface area contributed by atoms with Crippen LogP contribution in [0.4, 0.5) is 0 Å². The van der Waals surface area contributed by atoms with Crippen LogP contribution in [0.15, 0.2) is 60.8 Å². The van der Waals surface area contributed by atoms with Gasteiger partial charge in [-0.2, -0.15) is 0 Å². The summed E-state index contributed by atoms with van der Waals surface area (Å²) in [5.74, 6) is -0.559. The normalized spacial score (nSPS) is 14.0. The summed E-state index contributed by atoms with van der Waals surface area (Å²) in [6.07, 6.45) is 71.8. The van der Waals surface area contributed by atoms with Gasteiger partial charge < -0.3 is 28.5 Å². The predicted octanol–water partition coefficient (Wildman–Crippen LogP) is 19.6. The first-order valence-corrected chi connectivity index (χ1v) is 34.1. The summed E-state index contributed by atoms with van der Waals surface area (Å²) in [6.45, 7) is 6.82. The van der Waals surface area contributed by atoms with E-state index >= 15 is 0 Å². The number of hydrogen-bond donors (Lipinski definition) is 1. The van der Waals surface area contributed by atoms with E-state index in [-0.39, 0.29) is 24.9 Å². The van der Waals surface area contributed by atoms with E-state index in [1.165, 1.54) is 186 Å². The highest BCUT2D eigenvalue weighted by Crippen LogP contribution is 2.38. The molecule has 0 rings (SSSR count). The number of quaternary nitrogens is 1. The largest absolute Gasteiger partial charge is 0.756 e. The molecule has 0 aromatic heterocycles. The van der Waals surface area contributed by atoms with Crippen LogP contribution in [0.25, 0.3) is 0 Å². The first-order chi connectivity index (χ1) is 37.4. The third kappa shape index (κ3) is 58.2. The van der Waals surface area contributed by atoms with Crippen molar-refractivity contribution in [2.45, 2.75) is 315 Å². The zero-order valence-corrected chi connectivity index (χ0v) is 52.3. The van der Waals surface area contributed by atoms with E-state index in [0.717, 1.165) is 77.0 Å². The van der Waals surface area contributed by atoms with Gasteiger partial charge in [0.25, 0.3) is 7.82 Å². The van der Waals surface area contributed by atoms with Crippen LogP contribution in [0.5, 0.6) is 0 Å². The number of allylic oxidation sites excluding steroid dienone is 9. The minimum Gasteiger partial charge on any atom is -0.756 e. The molecule has 0 aliphatic carbocycles. The molecule has 3 unspecified atom stereocenters. The van der Waals surface area contributed by atoms with E-state index in [1.807, 2.05) is 33.3 Å². The monoisotopic (exact) mass is 1100 g/mol. The predicted molar refractivity (Wildman–Crippen MR) is 330 cm³/mol. The summed E-state index contributed by atoms with van der Waals surface area (Å²) in [6, 6.07) is -0.899. The lowest BCUT2D eigenvalue weighted by Gasteiger charge is -2.30. The van der Waals surface area contributed by atoms with Crippen LogP contribution in [0, 0.1) is 0 Å². The maximum Gasteiger partial charge on any atom is 0.306 e. The van der Waals surface area contributed by atoms with Crippen LogP contribution in [0.3, 0.4) is 0 Å². The van der Waals surface area contributed by atoms with Crippen LogP contribution >= 0.6 is 7.82 Å². The lowest BCUT2D eigenvalue weighted by Crippen LogP contribution is -2.47. The molecule has 0 heterocycles. The number of carbonyl (C=O) groups excluding carboxylic acids is 2. The third-order valence-corrected chi connectivity index (χ3v) is 15.4. The topological polar surface area (TPSA) is 114 Å². The lowest BCUT2D eigenvalue weighted by molar-refractivity contribution is -0.870. The number of likely N-dealkylation sites (N-methyl/N-ethyl adjacent to an activating group) is 1. The summed E-state index contributed by atoms with van der Waals surface area (Å²) in [4.78, 5) is 40.1. The molecule has 0 spiro atoms. The third-order valence-electron chi connectivity index (χ3n) is 14.4. The standard InChI is InChI=1S/C67H125N2O7P/c1-7-10-13-16-19-22-25-28-30-32-33-34-35-37-38-41-44-47-50-53-56-59-66(70)68-64(63-75-77(72,73)74-62-61-69(4,5)6)65(58-55-52-49-46-43-40-27-24-21-18-15-12-9-3)76-67(71)60-57-54-51-48-45-42-39-36-31-29-26-23-20-17-14-11-8-2/h20,23,28-31,39,42,55,58,64-65H,7-19,21-22,24-27,32-38,40-41,43-54,56-57,59-63H2,1-6H3,(H-,68,70,72,73)/b23-20-,30-28+,31-29-,42-39-,58-55-. The number of ether oxygens (including phenoxy) is 1. The molecule has 0 aromatic rings. The van der Waals surface area contributed by atoms with Crippen molar-refractivity contribution < 1.29 is 37.3 Å². The second-order valence-corrected chi connectivity index (χ2v) is 24.7. The van der Waals surface area contributed by atoms with Crippen molar-refractivity contribution in [2.75, 3.05) is 40.9 Å². The highest BCUT2D eigenvalue weighted by atomic mass is 31.2. The lowest BCUT2D eigenvalue weighted by atomic mass is 10.0. The Labute approximate surface area is 477 Å². The molecule has 0 fully saturated rings. The number of phosphoric ester groups is 1. The van der Waals surface area contributed by atoms with Crippen LogP contribution in [0.1, 0.15) is 303 Å². The van der Waals surface area contributed by atoms with Gasteiger partial charge in [0.1, 0.15) is 19.3 Å². The fourth-order valence-electron chi connectivity index (χ4n) is 9.35. The van der Waals surface area contributed by atoms with E-state index < -0.39 is 26.6 Å². The average Bonchev–Trinajstić information content (AvgIpc) is 3.39. The number of nitrogens with one attached hydrogen (secondary N) is 1. The van der Waals surface area contributed by atoms with Crippen LogP contribution in [0.2, 0.25) is 0 Å². The molecule has 1 N–H and O–H groups in total. The molecule has 0 aromatic carbocycles. The number of hydrogen-bond acceptors (Lipinski definition) is 7. The Hall–Kier alpha value is -2.29. The summed E-state index contributed by atoms with van der Waals surface area (Å²) < 4.78 is 30.4. The molecule has 0 aliphatic heterocycles. The fourth-order valence-corrected chi connectivity index (χ4v) is 10.1. The van der Waals surface area contributed by atoms with Gasteiger partial charge in [-0.25, -0.2) is 0 Å². The van der Waals surface area contributed by atoms with Gasteiger partial charge in [0.2, 0.25) is 5.91 Å². The molecule has 10 heteroatoms. The maximum absolute atomic E-state index is 13.6. The molecular formula is C67H125N2O7P. The molecular weight excluding hydrogens is 976 g/mol. The number of amides is 1. The molecule has 77 heavy (non-hydrogen) atoms. The van der Waals surface area contributed by atoms with E-state index in [1.54, 1.807) is 0 Å². The average molecular weight is 1100 g/mol. The van der Waals surface area contributed by atoms with Crippen molar-refractivity contribution >= 4 is 19.7 Å². The summed E-state index contributed by atoms with van der Waals surface area (Å²) in [5.41, 5.74) is 0. The van der Waals surface area contributed by atoms with Crippen molar-refractivity contribution in [3.8, 4) is 0 Å². The summed E-state index contributed by atoms with van der Waals surface area (Å²) in [7, 11) is 1.17. The molecule has 1 amide bonds. The van der Waals surface area contributed by atoms with Gasteiger partial charge >= 0.3 is 5.97 Å². The van der Waals surface area contributed by atoms with Gasteiger partial charge in [0.15, 0.2) is 0 Å². The van der Waals surface area contributed by atoms with Crippen molar-refractivity contribution in [1.29, 1.82) is 0 Å². The summed E-state index contributed by atoms with van der Waals surface area (Å²) >= 11 is 0.